The molecule has 1 aliphatic heterocycles. The molecule has 1 aromatic heterocycles. The van der Waals surface area contributed by atoms with Crippen LogP contribution in [-0.2, 0) is 10.2 Å². The lowest BCUT2D eigenvalue weighted by molar-refractivity contribution is 0.282. The fourth-order valence-corrected chi connectivity index (χ4v) is 4.40. The molecule has 20 heavy (non-hydrogen) atoms. The van der Waals surface area contributed by atoms with Crippen molar-refractivity contribution in [2.75, 3.05) is 17.8 Å². The standard InChI is InChI=1S/C11H18N4O3S2/c1-8-4-3-5-15(6-8)20(17,18)14-11-12-10(7-19-11)9(2)13-16/h7-8,16H,3-6H2,1-2H3,(H,12,14). The van der Waals surface area contributed by atoms with Gasteiger partial charge in [-0.15, -0.1) is 11.3 Å². The zero-order chi connectivity index (χ0) is 14.8. The van der Waals surface area contributed by atoms with E-state index in [4.69, 9.17) is 5.21 Å². The summed E-state index contributed by atoms with van der Waals surface area (Å²) in [6.07, 6.45) is 1.93. The van der Waals surface area contributed by atoms with Crippen LogP contribution in [0.15, 0.2) is 10.5 Å². The van der Waals surface area contributed by atoms with Gasteiger partial charge in [-0.05, 0) is 25.7 Å². The van der Waals surface area contributed by atoms with E-state index in [1.807, 2.05) is 6.92 Å². The number of piperidine rings is 1. The number of nitrogens with zero attached hydrogens (tertiary/aromatic N) is 3. The predicted octanol–water partition coefficient (Wildman–Crippen LogP) is 1.73. The number of rotatable bonds is 4. The monoisotopic (exact) mass is 318 g/mol. The summed E-state index contributed by atoms with van der Waals surface area (Å²) in [5.41, 5.74) is 0.806. The Bertz CT molecular complexity index is 597. The highest BCUT2D eigenvalue weighted by atomic mass is 32.2. The van der Waals surface area contributed by atoms with E-state index in [0.29, 0.717) is 30.4 Å². The minimum atomic E-state index is -3.56. The van der Waals surface area contributed by atoms with Crippen LogP contribution in [0.25, 0.3) is 0 Å². The fraction of sp³-hybridized carbons (Fsp3) is 0.636. The van der Waals surface area contributed by atoms with E-state index in [2.05, 4.69) is 14.9 Å². The number of aromatic nitrogens is 1. The van der Waals surface area contributed by atoms with Gasteiger partial charge >= 0.3 is 10.2 Å². The molecular formula is C11H18N4O3S2. The Morgan fingerprint density at radius 1 is 1.65 bits per heavy atom. The lowest BCUT2D eigenvalue weighted by Crippen LogP contribution is -2.42. The van der Waals surface area contributed by atoms with Crippen molar-refractivity contribution in [2.45, 2.75) is 26.7 Å². The van der Waals surface area contributed by atoms with Crippen molar-refractivity contribution in [2.24, 2.45) is 11.1 Å². The zero-order valence-electron chi connectivity index (χ0n) is 11.4. The molecule has 1 aliphatic rings. The Morgan fingerprint density at radius 2 is 2.40 bits per heavy atom. The maximum Gasteiger partial charge on any atom is 0.303 e. The van der Waals surface area contributed by atoms with Gasteiger partial charge in [0, 0.05) is 18.5 Å². The summed E-state index contributed by atoms with van der Waals surface area (Å²) in [6.45, 7) is 4.71. The van der Waals surface area contributed by atoms with E-state index >= 15 is 0 Å². The van der Waals surface area contributed by atoms with Gasteiger partial charge in [0.15, 0.2) is 5.13 Å². The molecule has 1 aromatic rings. The summed E-state index contributed by atoms with van der Waals surface area (Å²) in [5.74, 6) is 0.371. The van der Waals surface area contributed by atoms with Crippen LogP contribution >= 0.6 is 11.3 Å². The summed E-state index contributed by atoms with van der Waals surface area (Å²) in [7, 11) is -3.56. The summed E-state index contributed by atoms with van der Waals surface area (Å²) in [6, 6.07) is 0. The van der Waals surface area contributed by atoms with Crippen LogP contribution in [0.1, 0.15) is 32.4 Å². The van der Waals surface area contributed by atoms with Crippen LogP contribution in [0.4, 0.5) is 5.13 Å². The normalized spacial score (nSPS) is 21.9. The largest absolute Gasteiger partial charge is 0.411 e. The van der Waals surface area contributed by atoms with E-state index in [0.717, 1.165) is 24.2 Å². The lowest BCUT2D eigenvalue weighted by Gasteiger charge is -2.29. The smallest absolute Gasteiger partial charge is 0.303 e. The average Bonchev–Trinajstić information content (AvgIpc) is 2.85. The van der Waals surface area contributed by atoms with E-state index in [9.17, 15) is 8.42 Å². The van der Waals surface area contributed by atoms with E-state index < -0.39 is 10.2 Å². The molecule has 2 rings (SSSR count). The zero-order valence-corrected chi connectivity index (χ0v) is 13.0. The van der Waals surface area contributed by atoms with Crippen LogP contribution in [-0.4, -0.2) is 41.7 Å². The maximum absolute atomic E-state index is 12.3. The first-order valence-electron chi connectivity index (χ1n) is 6.35. The fourth-order valence-electron chi connectivity index (χ4n) is 2.08. The summed E-state index contributed by atoms with van der Waals surface area (Å²) < 4.78 is 28.4. The Hall–Kier alpha value is -1.19. The van der Waals surface area contributed by atoms with E-state index in [1.165, 1.54) is 4.31 Å². The Morgan fingerprint density at radius 3 is 3.05 bits per heavy atom. The van der Waals surface area contributed by atoms with Crippen molar-refractivity contribution in [3.05, 3.63) is 11.1 Å². The van der Waals surface area contributed by atoms with Gasteiger partial charge in [-0.2, -0.15) is 12.7 Å². The molecule has 0 radical (unpaired) electrons. The number of thiazole rings is 1. The molecule has 112 valence electrons. The molecular weight excluding hydrogens is 300 g/mol. The van der Waals surface area contributed by atoms with Crippen LogP contribution in [0.2, 0.25) is 0 Å². The molecule has 2 N–H and O–H groups in total. The van der Waals surface area contributed by atoms with Crippen molar-refractivity contribution in [3.63, 3.8) is 0 Å². The molecule has 1 saturated heterocycles. The Labute approximate surface area is 122 Å². The molecule has 2 heterocycles. The molecule has 9 heteroatoms. The van der Waals surface area contributed by atoms with Crippen LogP contribution in [0, 0.1) is 5.92 Å². The van der Waals surface area contributed by atoms with Crippen LogP contribution < -0.4 is 4.72 Å². The van der Waals surface area contributed by atoms with Gasteiger partial charge < -0.3 is 5.21 Å². The molecule has 1 atom stereocenters. The second-order valence-corrected chi connectivity index (χ2v) is 7.46. The quantitative estimate of drug-likeness (QED) is 0.502. The van der Waals surface area contributed by atoms with Crippen molar-refractivity contribution < 1.29 is 13.6 Å². The first-order chi connectivity index (χ1) is 9.42. The third-order valence-corrected chi connectivity index (χ3v) is 5.55. The number of anilines is 1. The van der Waals surface area contributed by atoms with Crippen molar-refractivity contribution in [1.82, 2.24) is 9.29 Å². The highest BCUT2D eigenvalue weighted by molar-refractivity contribution is 7.90. The highest BCUT2D eigenvalue weighted by Gasteiger charge is 2.27. The Balaban J connectivity index is 2.10. The molecule has 0 bridgehead atoms. The van der Waals surface area contributed by atoms with Gasteiger partial charge in [0.05, 0.1) is 0 Å². The first kappa shape index (κ1) is 15.2. The second kappa shape index (κ2) is 6.06. The summed E-state index contributed by atoms with van der Waals surface area (Å²) in [4.78, 5) is 4.09. The minimum Gasteiger partial charge on any atom is -0.411 e. The van der Waals surface area contributed by atoms with Crippen molar-refractivity contribution in [1.29, 1.82) is 0 Å². The first-order valence-corrected chi connectivity index (χ1v) is 8.67. The van der Waals surface area contributed by atoms with Gasteiger partial charge in [-0.3, -0.25) is 0 Å². The number of hydrogen-bond acceptors (Lipinski definition) is 6. The molecule has 0 spiro atoms. The lowest BCUT2D eigenvalue weighted by atomic mass is 10.0. The molecule has 1 unspecified atom stereocenters. The third-order valence-electron chi connectivity index (χ3n) is 3.20. The predicted molar refractivity (Wildman–Crippen MR) is 78.6 cm³/mol. The van der Waals surface area contributed by atoms with Gasteiger partial charge in [0.25, 0.3) is 0 Å². The van der Waals surface area contributed by atoms with E-state index in [-0.39, 0.29) is 5.13 Å². The molecule has 0 saturated carbocycles. The van der Waals surface area contributed by atoms with Crippen molar-refractivity contribution in [3.8, 4) is 0 Å². The number of oxime groups is 1. The average molecular weight is 318 g/mol. The van der Waals surface area contributed by atoms with Gasteiger partial charge in [-0.1, -0.05) is 12.1 Å². The van der Waals surface area contributed by atoms with Gasteiger partial charge in [0.2, 0.25) is 0 Å². The summed E-state index contributed by atoms with van der Waals surface area (Å²) >= 11 is 1.16. The molecule has 0 amide bonds. The highest BCUT2D eigenvalue weighted by Crippen LogP contribution is 2.22. The molecule has 1 fully saturated rings. The Kier molecular flexibility index (Phi) is 4.61. The minimum absolute atomic E-state index is 0.279. The van der Waals surface area contributed by atoms with E-state index in [1.54, 1.807) is 12.3 Å². The summed E-state index contributed by atoms with van der Waals surface area (Å²) in [5, 5.41) is 13.6. The molecule has 0 aromatic carbocycles. The molecule has 7 nitrogen and oxygen atoms in total. The second-order valence-electron chi connectivity index (χ2n) is 4.94. The SMILES string of the molecule is CC(=NO)c1csc(NS(=O)(=O)N2CCCC(C)C2)n1. The van der Waals surface area contributed by atoms with Gasteiger partial charge in [0.1, 0.15) is 11.4 Å². The number of nitrogens with one attached hydrogen (secondary N) is 1. The van der Waals surface area contributed by atoms with Crippen LogP contribution in [0.3, 0.4) is 0 Å². The van der Waals surface area contributed by atoms with Crippen molar-refractivity contribution >= 4 is 32.4 Å². The van der Waals surface area contributed by atoms with Crippen LogP contribution in [0.5, 0.6) is 0 Å². The maximum atomic E-state index is 12.3. The van der Waals surface area contributed by atoms with Gasteiger partial charge in [-0.25, -0.2) is 9.71 Å². The third kappa shape index (κ3) is 3.47. The number of hydrogen-bond donors (Lipinski definition) is 2. The topological polar surface area (TPSA) is 94.9 Å². The molecule has 0 aliphatic carbocycles.